The maximum absolute atomic E-state index is 11.3. The number of hydroxylamine groups is 2. The van der Waals surface area contributed by atoms with Gasteiger partial charge in [0, 0.05) is 0 Å². The van der Waals surface area contributed by atoms with Crippen LogP contribution in [0.2, 0.25) is 0 Å². The lowest BCUT2D eigenvalue weighted by molar-refractivity contribution is -0.178. The van der Waals surface area contributed by atoms with Gasteiger partial charge >= 0.3 is 5.97 Å². The van der Waals surface area contributed by atoms with Gasteiger partial charge in [-0.05, 0) is 12.8 Å². The first kappa shape index (κ1) is 11.0. The monoisotopic (exact) mass is 201 g/mol. The summed E-state index contributed by atoms with van der Waals surface area (Å²) in [6, 6.07) is -0.118. The van der Waals surface area contributed by atoms with E-state index in [0.717, 1.165) is 25.7 Å². The zero-order valence-electron chi connectivity index (χ0n) is 8.23. The molecule has 0 atom stereocenters. The van der Waals surface area contributed by atoms with Crippen molar-refractivity contribution in [2.45, 2.75) is 38.1 Å². The largest absolute Gasteiger partial charge is 0.469 e. The minimum absolute atomic E-state index is 0.118. The second kappa shape index (κ2) is 4.95. The summed E-state index contributed by atoms with van der Waals surface area (Å²) in [6.07, 6.45) is 3.27. The van der Waals surface area contributed by atoms with E-state index in [1.54, 1.807) is 0 Å². The van der Waals surface area contributed by atoms with Crippen LogP contribution in [0.4, 0.5) is 0 Å². The van der Waals surface area contributed by atoms with Crippen LogP contribution in [-0.2, 0) is 14.3 Å². The maximum atomic E-state index is 11.3. The highest BCUT2D eigenvalue weighted by Gasteiger charge is 2.26. The van der Waals surface area contributed by atoms with Crippen LogP contribution in [0.15, 0.2) is 0 Å². The van der Waals surface area contributed by atoms with Crippen LogP contribution in [0, 0.1) is 0 Å². The van der Waals surface area contributed by atoms with Gasteiger partial charge in [0.05, 0.1) is 13.2 Å². The lowest BCUT2D eigenvalue weighted by Gasteiger charge is -2.20. The Morgan fingerprint density at radius 1 is 1.43 bits per heavy atom. The van der Waals surface area contributed by atoms with Crippen LogP contribution in [-0.4, -0.2) is 35.3 Å². The van der Waals surface area contributed by atoms with Gasteiger partial charge in [-0.2, -0.15) is 0 Å². The van der Waals surface area contributed by atoms with Gasteiger partial charge in [-0.25, -0.2) is 5.06 Å². The molecule has 0 unspecified atom stereocenters. The molecule has 1 aliphatic carbocycles. The van der Waals surface area contributed by atoms with Crippen LogP contribution >= 0.6 is 0 Å². The molecule has 1 N–H and O–H groups in total. The molecule has 0 radical (unpaired) electrons. The number of carbonyl (C=O) groups excluding carboxylic acids is 2. The van der Waals surface area contributed by atoms with Crippen molar-refractivity contribution >= 4 is 11.9 Å². The Hall–Kier alpha value is -1.10. The van der Waals surface area contributed by atoms with Gasteiger partial charge in [-0.3, -0.25) is 14.8 Å². The number of methoxy groups -OCH3 is 1. The van der Waals surface area contributed by atoms with E-state index in [1.807, 2.05) is 0 Å². The molecule has 0 aliphatic heterocycles. The van der Waals surface area contributed by atoms with Crippen molar-refractivity contribution in [2.24, 2.45) is 0 Å². The predicted molar refractivity (Wildman–Crippen MR) is 47.5 cm³/mol. The molecule has 5 nitrogen and oxygen atoms in total. The van der Waals surface area contributed by atoms with E-state index < -0.39 is 11.9 Å². The SMILES string of the molecule is COC(=O)CC(=O)N(O)C1CCCC1. The van der Waals surface area contributed by atoms with E-state index in [9.17, 15) is 14.8 Å². The Morgan fingerprint density at radius 2 is 2.00 bits per heavy atom. The molecule has 80 valence electrons. The summed E-state index contributed by atoms with van der Waals surface area (Å²) in [4.78, 5) is 22.0. The van der Waals surface area contributed by atoms with Crippen molar-refractivity contribution in [3.8, 4) is 0 Å². The van der Waals surface area contributed by atoms with Crippen LogP contribution in [0.3, 0.4) is 0 Å². The number of esters is 1. The van der Waals surface area contributed by atoms with Gasteiger partial charge in [-0.15, -0.1) is 0 Å². The van der Waals surface area contributed by atoms with Crippen LogP contribution in [0.1, 0.15) is 32.1 Å². The Bertz CT molecular complexity index is 223. The second-order valence-corrected chi connectivity index (χ2v) is 3.43. The zero-order chi connectivity index (χ0) is 10.6. The molecule has 1 saturated carbocycles. The van der Waals surface area contributed by atoms with Crippen molar-refractivity contribution in [1.29, 1.82) is 0 Å². The van der Waals surface area contributed by atoms with Gasteiger partial charge in [0.2, 0.25) is 0 Å². The van der Waals surface area contributed by atoms with Gasteiger partial charge < -0.3 is 4.74 Å². The van der Waals surface area contributed by atoms with Gasteiger partial charge in [0.15, 0.2) is 0 Å². The highest BCUT2D eigenvalue weighted by molar-refractivity contribution is 5.93. The highest BCUT2D eigenvalue weighted by atomic mass is 16.5. The van der Waals surface area contributed by atoms with E-state index in [1.165, 1.54) is 7.11 Å². The Kier molecular flexibility index (Phi) is 3.88. The third kappa shape index (κ3) is 2.70. The molecular weight excluding hydrogens is 186 g/mol. The first-order chi connectivity index (χ1) is 6.65. The fraction of sp³-hybridized carbons (Fsp3) is 0.778. The lowest BCUT2D eigenvalue weighted by atomic mass is 10.2. The summed E-state index contributed by atoms with van der Waals surface area (Å²) in [5, 5.41) is 10.1. The molecule has 1 rings (SSSR count). The average Bonchev–Trinajstić information content (AvgIpc) is 2.69. The second-order valence-electron chi connectivity index (χ2n) is 3.43. The first-order valence-electron chi connectivity index (χ1n) is 4.73. The molecule has 14 heavy (non-hydrogen) atoms. The number of hydrogen-bond donors (Lipinski definition) is 1. The molecule has 0 heterocycles. The first-order valence-corrected chi connectivity index (χ1v) is 4.73. The molecule has 0 aromatic carbocycles. The third-order valence-electron chi connectivity index (χ3n) is 2.45. The topological polar surface area (TPSA) is 66.8 Å². The maximum Gasteiger partial charge on any atom is 0.315 e. The van der Waals surface area contributed by atoms with Crippen molar-refractivity contribution in [3.63, 3.8) is 0 Å². The summed E-state index contributed by atoms with van der Waals surface area (Å²) in [6.45, 7) is 0. The van der Waals surface area contributed by atoms with Gasteiger partial charge in [-0.1, -0.05) is 12.8 Å². The lowest BCUT2D eigenvalue weighted by Crippen LogP contribution is -2.37. The summed E-state index contributed by atoms with van der Waals surface area (Å²) in [5.74, 6) is -1.20. The molecular formula is C9H15NO4. The van der Waals surface area contributed by atoms with Crippen LogP contribution in [0.5, 0.6) is 0 Å². The van der Waals surface area contributed by atoms with Crippen molar-refractivity contribution < 1.29 is 19.5 Å². The normalized spacial score (nSPS) is 16.7. The highest BCUT2D eigenvalue weighted by Crippen LogP contribution is 2.22. The van der Waals surface area contributed by atoms with Crippen molar-refractivity contribution in [3.05, 3.63) is 0 Å². The molecule has 1 fully saturated rings. The fourth-order valence-corrected chi connectivity index (χ4v) is 1.63. The number of rotatable bonds is 3. The van der Waals surface area contributed by atoms with Crippen molar-refractivity contribution in [1.82, 2.24) is 5.06 Å². The number of carbonyl (C=O) groups is 2. The van der Waals surface area contributed by atoms with Gasteiger partial charge in [0.1, 0.15) is 6.42 Å². The third-order valence-corrected chi connectivity index (χ3v) is 2.45. The number of hydrogen-bond acceptors (Lipinski definition) is 4. The fourth-order valence-electron chi connectivity index (χ4n) is 1.63. The van der Waals surface area contributed by atoms with E-state index in [0.29, 0.717) is 5.06 Å². The molecule has 1 amide bonds. The quantitative estimate of drug-likeness (QED) is 0.316. The van der Waals surface area contributed by atoms with E-state index in [-0.39, 0.29) is 12.5 Å². The van der Waals surface area contributed by atoms with Crippen molar-refractivity contribution in [2.75, 3.05) is 7.11 Å². The summed E-state index contributed by atoms with van der Waals surface area (Å²) in [7, 11) is 1.22. The smallest absolute Gasteiger partial charge is 0.315 e. The van der Waals surface area contributed by atoms with Crippen LogP contribution < -0.4 is 0 Å². The molecule has 0 spiro atoms. The van der Waals surface area contributed by atoms with Gasteiger partial charge in [0.25, 0.3) is 5.91 Å². The molecule has 0 bridgehead atoms. The zero-order valence-corrected chi connectivity index (χ0v) is 8.23. The molecule has 0 aromatic heterocycles. The van der Waals surface area contributed by atoms with E-state index in [4.69, 9.17) is 0 Å². The summed E-state index contributed by atoms with van der Waals surface area (Å²) < 4.78 is 4.34. The molecule has 0 saturated heterocycles. The number of amides is 1. The average molecular weight is 201 g/mol. The molecule has 0 aromatic rings. The minimum atomic E-state index is -0.618. The summed E-state index contributed by atoms with van der Waals surface area (Å²) >= 11 is 0. The standard InChI is InChI=1S/C9H15NO4/c1-14-9(12)6-8(11)10(13)7-4-2-3-5-7/h7,13H,2-6H2,1H3. The van der Waals surface area contributed by atoms with Crippen LogP contribution in [0.25, 0.3) is 0 Å². The predicted octanol–water partition coefficient (Wildman–Crippen LogP) is 0.710. The molecule has 5 heteroatoms. The van der Waals surface area contributed by atoms with E-state index >= 15 is 0 Å². The number of nitrogens with zero attached hydrogens (tertiary/aromatic N) is 1. The van der Waals surface area contributed by atoms with E-state index in [2.05, 4.69) is 4.74 Å². The minimum Gasteiger partial charge on any atom is -0.469 e. The summed E-state index contributed by atoms with van der Waals surface area (Å²) in [5.41, 5.74) is 0. The number of ether oxygens (including phenoxy) is 1. The Labute approximate surface area is 82.6 Å². The Morgan fingerprint density at radius 3 is 2.50 bits per heavy atom. The Balaban J connectivity index is 2.39. The molecule has 1 aliphatic rings.